The number of thiazole rings is 1. The minimum atomic E-state index is -3.51. The SMILES string of the molecule is NCc1nc(C(=O)N2CCN(S(=O)(=O)c3ccccc3)CC2)cs1. The van der Waals surface area contributed by atoms with Crippen LogP contribution in [0.3, 0.4) is 0 Å². The van der Waals surface area contributed by atoms with Crippen molar-refractivity contribution >= 4 is 27.3 Å². The second kappa shape index (κ2) is 6.98. The van der Waals surface area contributed by atoms with E-state index in [1.54, 1.807) is 40.6 Å². The number of rotatable bonds is 4. The summed E-state index contributed by atoms with van der Waals surface area (Å²) in [4.78, 5) is 18.5. The fraction of sp³-hybridized carbons (Fsp3) is 0.333. The first-order valence-corrected chi connectivity index (χ1v) is 9.83. The molecule has 0 bridgehead atoms. The normalized spacial score (nSPS) is 16.3. The van der Waals surface area contributed by atoms with Crippen molar-refractivity contribution in [3.05, 3.63) is 46.4 Å². The molecule has 2 aromatic rings. The van der Waals surface area contributed by atoms with E-state index in [4.69, 9.17) is 5.73 Å². The summed E-state index contributed by atoms with van der Waals surface area (Å²) in [6.45, 7) is 1.55. The van der Waals surface area contributed by atoms with Crippen LogP contribution in [0.1, 0.15) is 15.5 Å². The Labute approximate surface area is 144 Å². The molecular weight excluding hydrogens is 348 g/mol. The summed E-state index contributed by atoms with van der Waals surface area (Å²) in [5.41, 5.74) is 5.89. The van der Waals surface area contributed by atoms with Crippen LogP contribution in [-0.4, -0.2) is 54.7 Å². The van der Waals surface area contributed by atoms with E-state index in [0.29, 0.717) is 30.3 Å². The first-order chi connectivity index (χ1) is 11.5. The van der Waals surface area contributed by atoms with Gasteiger partial charge in [0.05, 0.1) is 4.90 Å². The highest BCUT2D eigenvalue weighted by atomic mass is 32.2. The third-order valence-electron chi connectivity index (χ3n) is 3.85. The summed E-state index contributed by atoms with van der Waals surface area (Å²) in [6, 6.07) is 8.33. The maximum absolute atomic E-state index is 12.6. The van der Waals surface area contributed by atoms with Crippen molar-refractivity contribution in [1.29, 1.82) is 0 Å². The van der Waals surface area contributed by atoms with Gasteiger partial charge in [0.1, 0.15) is 10.7 Å². The van der Waals surface area contributed by atoms with E-state index < -0.39 is 10.0 Å². The number of aromatic nitrogens is 1. The predicted molar refractivity (Wildman–Crippen MR) is 91.1 cm³/mol. The highest BCUT2D eigenvalue weighted by molar-refractivity contribution is 7.89. The van der Waals surface area contributed by atoms with Crippen molar-refractivity contribution < 1.29 is 13.2 Å². The van der Waals surface area contributed by atoms with Crippen LogP contribution in [0.25, 0.3) is 0 Å². The van der Waals surface area contributed by atoms with Crippen LogP contribution in [-0.2, 0) is 16.6 Å². The van der Waals surface area contributed by atoms with Crippen LogP contribution in [0.5, 0.6) is 0 Å². The van der Waals surface area contributed by atoms with Crippen molar-refractivity contribution in [2.75, 3.05) is 26.2 Å². The van der Waals surface area contributed by atoms with Gasteiger partial charge in [-0.25, -0.2) is 13.4 Å². The number of sulfonamides is 1. The largest absolute Gasteiger partial charge is 0.335 e. The highest BCUT2D eigenvalue weighted by Crippen LogP contribution is 2.18. The van der Waals surface area contributed by atoms with Gasteiger partial charge in [-0.1, -0.05) is 18.2 Å². The van der Waals surface area contributed by atoms with Gasteiger partial charge in [0.25, 0.3) is 5.91 Å². The first-order valence-electron chi connectivity index (χ1n) is 7.51. The predicted octanol–water partition coefficient (Wildman–Crippen LogP) is 0.749. The molecule has 1 aliphatic rings. The lowest BCUT2D eigenvalue weighted by Crippen LogP contribution is -2.50. The quantitative estimate of drug-likeness (QED) is 0.861. The maximum atomic E-state index is 12.6. The van der Waals surface area contributed by atoms with Crippen LogP contribution in [0.15, 0.2) is 40.6 Å². The zero-order chi connectivity index (χ0) is 17.2. The number of nitrogens with zero attached hydrogens (tertiary/aromatic N) is 3. The van der Waals surface area contributed by atoms with Crippen molar-refractivity contribution in [3.8, 4) is 0 Å². The summed E-state index contributed by atoms with van der Waals surface area (Å²) in [5, 5.41) is 2.40. The molecule has 7 nitrogen and oxygen atoms in total. The van der Waals surface area contributed by atoms with Crippen LogP contribution >= 0.6 is 11.3 Å². The molecule has 1 amide bonds. The number of piperazine rings is 1. The van der Waals surface area contributed by atoms with Gasteiger partial charge in [0, 0.05) is 38.1 Å². The molecule has 1 saturated heterocycles. The van der Waals surface area contributed by atoms with E-state index in [-0.39, 0.29) is 23.9 Å². The number of benzene rings is 1. The molecule has 0 saturated carbocycles. The van der Waals surface area contributed by atoms with Crippen molar-refractivity contribution in [2.45, 2.75) is 11.4 Å². The van der Waals surface area contributed by atoms with Gasteiger partial charge in [-0.3, -0.25) is 4.79 Å². The fourth-order valence-electron chi connectivity index (χ4n) is 2.54. The topological polar surface area (TPSA) is 96.6 Å². The molecule has 0 spiro atoms. The molecule has 0 aliphatic carbocycles. The average molecular weight is 366 g/mol. The average Bonchev–Trinajstić information content (AvgIpc) is 3.11. The number of hydrogen-bond acceptors (Lipinski definition) is 6. The van der Waals surface area contributed by atoms with Crippen LogP contribution < -0.4 is 5.73 Å². The Morgan fingerprint density at radius 3 is 2.42 bits per heavy atom. The molecule has 2 N–H and O–H groups in total. The zero-order valence-corrected chi connectivity index (χ0v) is 14.6. The van der Waals surface area contributed by atoms with Gasteiger partial charge in [-0.05, 0) is 12.1 Å². The second-order valence-electron chi connectivity index (χ2n) is 5.34. The molecule has 24 heavy (non-hydrogen) atoms. The van der Waals surface area contributed by atoms with Gasteiger partial charge in [0.2, 0.25) is 10.0 Å². The lowest BCUT2D eigenvalue weighted by atomic mass is 10.3. The van der Waals surface area contributed by atoms with Crippen LogP contribution in [0.2, 0.25) is 0 Å². The molecule has 0 radical (unpaired) electrons. The van der Waals surface area contributed by atoms with Gasteiger partial charge < -0.3 is 10.6 Å². The van der Waals surface area contributed by atoms with E-state index in [0.717, 1.165) is 0 Å². The summed E-state index contributed by atoms with van der Waals surface area (Å²) in [5.74, 6) is -0.178. The molecule has 0 unspecified atom stereocenters. The fourth-order valence-corrected chi connectivity index (χ4v) is 4.63. The minimum Gasteiger partial charge on any atom is -0.335 e. The van der Waals surface area contributed by atoms with Crippen LogP contribution in [0, 0.1) is 0 Å². The lowest BCUT2D eigenvalue weighted by molar-refractivity contribution is 0.0692. The van der Waals surface area contributed by atoms with E-state index in [2.05, 4.69) is 4.98 Å². The standard InChI is InChI=1S/C15H18N4O3S2/c16-10-14-17-13(11-23-14)15(20)18-6-8-19(9-7-18)24(21,22)12-4-2-1-3-5-12/h1-5,11H,6-10,16H2. The van der Waals surface area contributed by atoms with Crippen molar-refractivity contribution in [1.82, 2.24) is 14.2 Å². The molecule has 3 rings (SSSR count). The van der Waals surface area contributed by atoms with Gasteiger partial charge in [-0.15, -0.1) is 11.3 Å². The van der Waals surface area contributed by atoms with E-state index in [9.17, 15) is 13.2 Å². The van der Waals surface area contributed by atoms with E-state index in [1.165, 1.54) is 15.6 Å². The second-order valence-corrected chi connectivity index (χ2v) is 8.22. The smallest absolute Gasteiger partial charge is 0.273 e. The number of amides is 1. The molecule has 1 aromatic heterocycles. The van der Waals surface area contributed by atoms with Gasteiger partial charge >= 0.3 is 0 Å². The van der Waals surface area contributed by atoms with E-state index >= 15 is 0 Å². The Bertz CT molecular complexity index is 812. The molecule has 128 valence electrons. The first kappa shape index (κ1) is 17.0. The Hall–Kier alpha value is -1.81. The summed E-state index contributed by atoms with van der Waals surface area (Å²) >= 11 is 1.35. The molecule has 1 aliphatic heterocycles. The third kappa shape index (κ3) is 3.34. The minimum absolute atomic E-state index is 0.178. The molecule has 1 fully saturated rings. The third-order valence-corrected chi connectivity index (χ3v) is 6.64. The Morgan fingerprint density at radius 2 is 1.83 bits per heavy atom. The summed E-state index contributed by atoms with van der Waals surface area (Å²) < 4.78 is 26.6. The van der Waals surface area contributed by atoms with Crippen molar-refractivity contribution in [3.63, 3.8) is 0 Å². The lowest BCUT2D eigenvalue weighted by Gasteiger charge is -2.33. The Morgan fingerprint density at radius 1 is 1.17 bits per heavy atom. The highest BCUT2D eigenvalue weighted by Gasteiger charge is 2.30. The maximum Gasteiger partial charge on any atom is 0.273 e. The number of hydrogen-bond donors (Lipinski definition) is 1. The Balaban J connectivity index is 1.66. The monoisotopic (exact) mass is 366 g/mol. The van der Waals surface area contributed by atoms with Crippen LogP contribution in [0.4, 0.5) is 0 Å². The number of nitrogens with two attached hydrogens (primary N) is 1. The number of carbonyl (C=O) groups excluding carboxylic acids is 1. The molecule has 1 aromatic carbocycles. The summed E-state index contributed by atoms with van der Waals surface area (Å²) in [7, 11) is -3.51. The zero-order valence-electron chi connectivity index (χ0n) is 13.0. The number of carbonyl (C=O) groups is 1. The Kier molecular flexibility index (Phi) is 4.95. The van der Waals surface area contributed by atoms with E-state index in [1.807, 2.05) is 0 Å². The molecule has 9 heteroatoms. The van der Waals surface area contributed by atoms with Crippen molar-refractivity contribution in [2.24, 2.45) is 5.73 Å². The molecular formula is C15H18N4O3S2. The van der Waals surface area contributed by atoms with Gasteiger partial charge in [-0.2, -0.15) is 4.31 Å². The molecule has 0 atom stereocenters. The molecule has 2 heterocycles. The van der Waals surface area contributed by atoms with Gasteiger partial charge in [0.15, 0.2) is 0 Å². The summed E-state index contributed by atoms with van der Waals surface area (Å²) in [6.07, 6.45) is 0.